The standard InChI is InChI=1S/C12H21NO/c1-11(2)8-6-10(14)12(3,13(4)5)7-9(8)11/h8-9H,6-7H2,1-5H3/t8-,9+,12+/m1/s1. The monoisotopic (exact) mass is 195 g/mol. The molecule has 2 nitrogen and oxygen atoms in total. The number of hydrogen-bond donors (Lipinski definition) is 0. The van der Waals surface area contributed by atoms with Crippen molar-refractivity contribution in [2.24, 2.45) is 17.3 Å². The fourth-order valence-corrected chi connectivity index (χ4v) is 3.06. The highest BCUT2D eigenvalue weighted by Crippen LogP contribution is 2.66. The van der Waals surface area contributed by atoms with E-state index in [1.807, 2.05) is 14.1 Å². The maximum Gasteiger partial charge on any atom is 0.153 e. The van der Waals surface area contributed by atoms with Gasteiger partial charge in [-0.25, -0.2) is 0 Å². The largest absolute Gasteiger partial charge is 0.298 e. The summed E-state index contributed by atoms with van der Waals surface area (Å²) < 4.78 is 0. The van der Waals surface area contributed by atoms with Crippen LogP contribution in [0.3, 0.4) is 0 Å². The average Bonchev–Trinajstić information content (AvgIpc) is 2.55. The Morgan fingerprint density at radius 1 is 1.21 bits per heavy atom. The Bertz CT molecular complexity index is 282. The van der Waals surface area contributed by atoms with Gasteiger partial charge < -0.3 is 0 Å². The quantitative estimate of drug-likeness (QED) is 0.637. The lowest BCUT2D eigenvalue weighted by molar-refractivity contribution is -0.131. The summed E-state index contributed by atoms with van der Waals surface area (Å²) >= 11 is 0. The number of Topliss-reactive ketones (excluding diaryl/α,β-unsaturated/α-hetero) is 1. The zero-order valence-electron chi connectivity index (χ0n) is 9.92. The lowest BCUT2D eigenvalue weighted by Gasteiger charge is -2.37. The molecular formula is C12H21NO. The van der Waals surface area contributed by atoms with Gasteiger partial charge in [-0.05, 0) is 44.7 Å². The van der Waals surface area contributed by atoms with Crippen LogP contribution in [-0.4, -0.2) is 30.3 Å². The van der Waals surface area contributed by atoms with E-state index in [0.29, 0.717) is 17.1 Å². The molecule has 0 N–H and O–H groups in total. The fraction of sp³-hybridized carbons (Fsp3) is 0.917. The van der Waals surface area contributed by atoms with Gasteiger partial charge in [0.05, 0.1) is 5.54 Å². The van der Waals surface area contributed by atoms with Crippen molar-refractivity contribution in [3.63, 3.8) is 0 Å². The second kappa shape index (κ2) is 2.60. The van der Waals surface area contributed by atoms with Crippen LogP contribution in [0.15, 0.2) is 0 Å². The van der Waals surface area contributed by atoms with E-state index in [4.69, 9.17) is 0 Å². The van der Waals surface area contributed by atoms with Gasteiger partial charge in [0.2, 0.25) is 0 Å². The number of rotatable bonds is 1. The van der Waals surface area contributed by atoms with Gasteiger partial charge in [0.1, 0.15) is 0 Å². The second-order valence-corrected chi connectivity index (χ2v) is 6.03. The average molecular weight is 195 g/mol. The number of fused-ring (bicyclic) bond motifs is 1. The van der Waals surface area contributed by atoms with Crippen LogP contribution in [0.4, 0.5) is 0 Å². The van der Waals surface area contributed by atoms with Crippen LogP contribution < -0.4 is 0 Å². The summed E-state index contributed by atoms with van der Waals surface area (Å²) in [6.07, 6.45) is 1.85. The molecule has 14 heavy (non-hydrogen) atoms. The van der Waals surface area contributed by atoms with Crippen LogP contribution in [0.2, 0.25) is 0 Å². The third-order valence-corrected chi connectivity index (χ3v) is 4.90. The summed E-state index contributed by atoms with van der Waals surface area (Å²) in [5.41, 5.74) is 0.221. The minimum Gasteiger partial charge on any atom is -0.298 e. The molecule has 0 heterocycles. The highest BCUT2D eigenvalue weighted by Gasteiger charge is 2.64. The number of carbonyl (C=O) groups excluding carboxylic acids is 1. The predicted molar refractivity (Wildman–Crippen MR) is 57.1 cm³/mol. The maximum atomic E-state index is 12.0. The molecular weight excluding hydrogens is 174 g/mol. The lowest BCUT2D eigenvalue weighted by Crippen LogP contribution is -2.50. The van der Waals surface area contributed by atoms with Crippen molar-refractivity contribution in [3.8, 4) is 0 Å². The number of hydrogen-bond acceptors (Lipinski definition) is 2. The molecule has 0 aromatic heterocycles. The molecule has 0 aromatic rings. The summed E-state index contributed by atoms with van der Waals surface area (Å²) in [4.78, 5) is 14.1. The summed E-state index contributed by atoms with van der Waals surface area (Å²) in [6.45, 7) is 6.70. The van der Waals surface area contributed by atoms with Crippen molar-refractivity contribution in [2.75, 3.05) is 14.1 Å². The van der Waals surface area contributed by atoms with Crippen LogP contribution >= 0.6 is 0 Å². The van der Waals surface area contributed by atoms with Crippen LogP contribution in [0.1, 0.15) is 33.6 Å². The Kier molecular flexibility index (Phi) is 1.89. The molecule has 2 aliphatic rings. The van der Waals surface area contributed by atoms with Crippen molar-refractivity contribution < 1.29 is 4.79 Å². The van der Waals surface area contributed by atoms with E-state index in [9.17, 15) is 4.79 Å². The number of ketones is 1. The van der Waals surface area contributed by atoms with E-state index in [-0.39, 0.29) is 5.54 Å². The van der Waals surface area contributed by atoms with Crippen molar-refractivity contribution in [3.05, 3.63) is 0 Å². The highest BCUT2D eigenvalue weighted by atomic mass is 16.1. The van der Waals surface area contributed by atoms with E-state index in [2.05, 4.69) is 25.7 Å². The Balaban J connectivity index is 2.21. The Morgan fingerprint density at radius 3 is 2.29 bits per heavy atom. The van der Waals surface area contributed by atoms with E-state index < -0.39 is 0 Å². The van der Waals surface area contributed by atoms with Gasteiger partial charge in [-0.15, -0.1) is 0 Å². The number of likely N-dealkylation sites (N-methyl/N-ethyl adjacent to an activating group) is 1. The van der Waals surface area contributed by atoms with Gasteiger partial charge in [0, 0.05) is 6.42 Å². The van der Waals surface area contributed by atoms with E-state index in [1.54, 1.807) is 0 Å². The molecule has 2 saturated carbocycles. The zero-order valence-corrected chi connectivity index (χ0v) is 9.92. The van der Waals surface area contributed by atoms with Crippen molar-refractivity contribution in [1.29, 1.82) is 0 Å². The molecule has 0 radical (unpaired) electrons. The van der Waals surface area contributed by atoms with Crippen molar-refractivity contribution in [2.45, 2.75) is 39.2 Å². The van der Waals surface area contributed by atoms with Crippen molar-refractivity contribution >= 4 is 5.78 Å². The first-order valence-electron chi connectivity index (χ1n) is 5.51. The highest BCUT2D eigenvalue weighted by molar-refractivity contribution is 5.89. The van der Waals surface area contributed by atoms with E-state index in [1.165, 1.54) is 0 Å². The minimum absolute atomic E-state index is 0.199. The SMILES string of the molecule is CN(C)[C@@]1(C)C[C@H]2[C@@H](CC1=O)C2(C)C. The predicted octanol–water partition coefficient (Wildman–Crippen LogP) is 1.94. The van der Waals surface area contributed by atoms with Crippen LogP contribution in [0.5, 0.6) is 0 Å². The van der Waals surface area contributed by atoms with E-state index >= 15 is 0 Å². The summed E-state index contributed by atoms with van der Waals surface area (Å²) in [6, 6.07) is 0. The first kappa shape index (κ1) is 10.2. The van der Waals surface area contributed by atoms with Crippen LogP contribution in [0, 0.1) is 17.3 Å². The van der Waals surface area contributed by atoms with Gasteiger partial charge in [0.25, 0.3) is 0 Å². The molecule has 2 aliphatic carbocycles. The van der Waals surface area contributed by atoms with Gasteiger partial charge in [0.15, 0.2) is 5.78 Å². The molecule has 0 amide bonds. The summed E-state index contributed by atoms with van der Waals surface area (Å²) in [7, 11) is 4.04. The normalized spacial score (nSPS) is 45.1. The van der Waals surface area contributed by atoms with Gasteiger partial charge in [-0.3, -0.25) is 9.69 Å². The molecule has 0 aromatic carbocycles. The second-order valence-electron chi connectivity index (χ2n) is 6.03. The third-order valence-electron chi connectivity index (χ3n) is 4.90. The molecule has 0 aliphatic heterocycles. The molecule has 3 atom stereocenters. The minimum atomic E-state index is -0.199. The van der Waals surface area contributed by atoms with Crippen LogP contribution in [-0.2, 0) is 4.79 Å². The van der Waals surface area contributed by atoms with Gasteiger partial charge >= 0.3 is 0 Å². The van der Waals surface area contributed by atoms with Crippen LogP contribution in [0.25, 0.3) is 0 Å². The topological polar surface area (TPSA) is 20.3 Å². The Hall–Kier alpha value is -0.370. The molecule has 2 rings (SSSR count). The van der Waals surface area contributed by atoms with Gasteiger partial charge in [-0.1, -0.05) is 13.8 Å². The first-order valence-corrected chi connectivity index (χ1v) is 5.51. The fourth-order valence-electron chi connectivity index (χ4n) is 3.06. The summed E-state index contributed by atoms with van der Waals surface area (Å²) in [5.74, 6) is 1.88. The number of nitrogens with zero attached hydrogens (tertiary/aromatic N) is 1. The maximum absolute atomic E-state index is 12.0. The Labute approximate surface area is 86.7 Å². The van der Waals surface area contributed by atoms with Crippen molar-refractivity contribution in [1.82, 2.24) is 4.90 Å². The molecule has 2 heteroatoms. The first-order chi connectivity index (χ1) is 6.30. The van der Waals surface area contributed by atoms with Gasteiger partial charge in [-0.2, -0.15) is 0 Å². The number of carbonyl (C=O) groups is 1. The molecule has 0 unspecified atom stereocenters. The molecule has 2 fully saturated rings. The molecule has 80 valence electrons. The smallest absolute Gasteiger partial charge is 0.153 e. The molecule has 0 bridgehead atoms. The third kappa shape index (κ3) is 1.10. The van der Waals surface area contributed by atoms with E-state index in [0.717, 1.165) is 18.8 Å². The summed E-state index contributed by atoms with van der Waals surface area (Å²) in [5, 5.41) is 0. The molecule has 0 spiro atoms. The Morgan fingerprint density at radius 2 is 1.79 bits per heavy atom. The molecule has 0 saturated heterocycles. The lowest BCUT2D eigenvalue weighted by atomic mass is 9.81. The zero-order chi connectivity index (χ0) is 10.7.